The highest BCUT2D eigenvalue weighted by Crippen LogP contribution is 2.28. The molecule has 1 aromatic heterocycles. The van der Waals surface area contributed by atoms with E-state index >= 15 is 0 Å². The molecule has 2 heterocycles. The third-order valence-corrected chi connectivity index (χ3v) is 3.92. The van der Waals surface area contributed by atoms with E-state index in [4.69, 9.17) is 9.15 Å². The van der Waals surface area contributed by atoms with Gasteiger partial charge in [0.25, 0.3) is 5.91 Å². The Kier molecular flexibility index (Phi) is 4.74. The molecule has 0 saturated carbocycles. The van der Waals surface area contributed by atoms with Crippen molar-refractivity contribution in [2.45, 2.75) is 13.0 Å². The number of furan rings is 1. The van der Waals surface area contributed by atoms with Gasteiger partial charge in [0.05, 0.1) is 30.2 Å². The zero-order valence-corrected chi connectivity index (χ0v) is 14.2. The number of benzene rings is 1. The lowest BCUT2D eigenvalue weighted by atomic mass is 9.99. The van der Waals surface area contributed by atoms with E-state index in [1.807, 2.05) is 0 Å². The smallest absolute Gasteiger partial charge is 0.339 e. The Bertz CT molecular complexity index is 886. The van der Waals surface area contributed by atoms with Crippen LogP contribution in [0.25, 0.3) is 0 Å². The first-order valence-electron chi connectivity index (χ1n) is 7.81. The van der Waals surface area contributed by atoms with Crippen molar-refractivity contribution < 1.29 is 23.5 Å². The molecular weight excluding hydrogens is 338 g/mol. The van der Waals surface area contributed by atoms with Crippen molar-refractivity contribution in [3.8, 4) is 0 Å². The molecule has 0 saturated heterocycles. The molecule has 3 amide bonds. The predicted octanol–water partition coefficient (Wildman–Crippen LogP) is 2.33. The summed E-state index contributed by atoms with van der Waals surface area (Å²) in [6, 6.07) is 8.65. The first kappa shape index (κ1) is 17.3. The number of para-hydroxylation sites is 1. The fraction of sp³-hybridized carbons (Fsp3) is 0.167. The number of carbonyl (C=O) groups excluding carboxylic acids is 3. The van der Waals surface area contributed by atoms with Crippen LogP contribution in [0.15, 0.2) is 58.3 Å². The van der Waals surface area contributed by atoms with E-state index in [1.165, 1.54) is 13.4 Å². The summed E-state index contributed by atoms with van der Waals surface area (Å²) in [6.45, 7) is 1.62. The Morgan fingerprint density at radius 2 is 1.96 bits per heavy atom. The van der Waals surface area contributed by atoms with Crippen molar-refractivity contribution in [2.24, 2.45) is 0 Å². The topological polar surface area (TPSA) is 110 Å². The van der Waals surface area contributed by atoms with Crippen molar-refractivity contribution in [3.63, 3.8) is 0 Å². The lowest BCUT2D eigenvalue weighted by molar-refractivity contribution is -0.113. The Morgan fingerprint density at radius 3 is 2.65 bits per heavy atom. The van der Waals surface area contributed by atoms with Crippen molar-refractivity contribution in [1.29, 1.82) is 0 Å². The lowest BCUT2D eigenvalue weighted by Crippen LogP contribution is -2.45. The molecule has 0 spiro atoms. The standard InChI is InChI=1S/C18H17N3O5/c1-10-14(15(21-18(24)19-10)13-8-5-9-26-13)16(22)20-12-7-4-3-6-11(12)17(23)25-2/h3-9,15H,1-2H3,(H,20,22)(H2,19,21,24)/t15-/m1/s1. The first-order chi connectivity index (χ1) is 12.5. The van der Waals surface area contributed by atoms with Crippen LogP contribution in [0.2, 0.25) is 0 Å². The Morgan fingerprint density at radius 1 is 1.19 bits per heavy atom. The van der Waals surface area contributed by atoms with Gasteiger partial charge < -0.3 is 25.1 Å². The third-order valence-electron chi connectivity index (χ3n) is 3.92. The van der Waals surface area contributed by atoms with E-state index in [9.17, 15) is 14.4 Å². The number of rotatable bonds is 4. The normalized spacial score (nSPS) is 16.5. The highest BCUT2D eigenvalue weighted by atomic mass is 16.5. The summed E-state index contributed by atoms with van der Waals surface area (Å²) in [5.41, 5.74) is 1.20. The second-order valence-electron chi connectivity index (χ2n) is 5.58. The minimum Gasteiger partial charge on any atom is -0.467 e. The van der Waals surface area contributed by atoms with E-state index in [1.54, 1.807) is 43.3 Å². The number of carbonyl (C=O) groups is 3. The van der Waals surface area contributed by atoms with E-state index in [2.05, 4.69) is 16.0 Å². The molecule has 1 atom stereocenters. The number of esters is 1. The van der Waals surface area contributed by atoms with Gasteiger partial charge in [0.1, 0.15) is 11.8 Å². The van der Waals surface area contributed by atoms with Crippen LogP contribution in [0, 0.1) is 0 Å². The van der Waals surface area contributed by atoms with Gasteiger partial charge in [-0.15, -0.1) is 0 Å². The quantitative estimate of drug-likeness (QED) is 0.729. The summed E-state index contributed by atoms with van der Waals surface area (Å²) in [5.74, 6) is -0.623. The van der Waals surface area contributed by atoms with Crippen molar-refractivity contribution in [3.05, 3.63) is 65.3 Å². The average Bonchev–Trinajstić information content (AvgIpc) is 3.15. The molecule has 3 rings (SSSR count). The van der Waals surface area contributed by atoms with Crippen LogP contribution >= 0.6 is 0 Å². The summed E-state index contributed by atoms with van der Waals surface area (Å²) in [5, 5.41) is 7.93. The molecule has 26 heavy (non-hydrogen) atoms. The number of ether oxygens (including phenoxy) is 1. The minimum absolute atomic E-state index is 0.226. The van der Waals surface area contributed by atoms with Crippen molar-refractivity contribution in [1.82, 2.24) is 10.6 Å². The summed E-state index contributed by atoms with van der Waals surface area (Å²) in [7, 11) is 1.27. The number of anilines is 1. The van der Waals surface area contributed by atoms with E-state index < -0.39 is 23.9 Å². The van der Waals surface area contributed by atoms with Crippen LogP contribution in [0.5, 0.6) is 0 Å². The van der Waals surface area contributed by atoms with Crippen LogP contribution in [0.3, 0.4) is 0 Å². The molecule has 1 aliphatic rings. The lowest BCUT2D eigenvalue weighted by Gasteiger charge is -2.27. The molecule has 134 valence electrons. The maximum absolute atomic E-state index is 12.9. The molecule has 1 aromatic carbocycles. The van der Waals surface area contributed by atoms with Gasteiger partial charge in [0.15, 0.2) is 0 Å². The van der Waals surface area contributed by atoms with E-state index in [0.717, 1.165) is 0 Å². The van der Waals surface area contributed by atoms with Crippen LogP contribution in [0.1, 0.15) is 29.1 Å². The number of nitrogens with one attached hydrogen (secondary N) is 3. The second-order valence-corrected chi connectivity index (χ2v) is 5.58. The van der Waals surface area contributed by atoms with Gasteiger partial charge in [-0.25, -0.2) is 9.59 Å². The summed E-state index contributed by atoms with van der Waals surface area (Å²) < 4.78 is 10.1. The molecule has 8 nitrogen and oxygen atoms in total. The summed E-state index contributed by atoms with van der Waals surface area (Å²) in [4.78, 5) is 36.6. The number of urea groups is 1. The second kappa shape index (κ2) is 7.14. The molecule has 1 aliphatic heterocycles. The molecule has 0 unspecified atom stereocenters. The minimum atomic E-state index is -0.746. The zero-order valence-electron chi connectivity index (χ0n) is 14.2. The molecule has 3 N–H and O–H groups in total. The maximum atomic E-state index is 12.9. The van der Waals surface area contributed by atoms with Crippen LogP contribution < -0.4 is 16.0 Å². The molecule has 0 fully saturated rings. The van der Waals surface area contributed by atoms with Crippen molar-refractivity contribution in [2.75, 3.05) is 12.4 Å². The molecule has 0 radical (unpaired) electrons. The fourth-order valence-corrected chi connectivity index (χ4v) is 2.73. The fourth-order valence-electron chi connectivity index (χ4n) is 2.73. The Labute approximate surface area is 149 Å². The van der Waals surface area contributed by atoms with E-state index in [-0.39, 0.29) is 11.1 Å². The Hall–Kier alpha value is -3.55. The van der Waals surface area contributed by atoms with Crippen LogP contribution in [-0.2, 0) is 9.53 Å². The molecular formula is C18H17N3O5. The number of hydrogen-bond acceptors (Lipinski definition) is 5. The predicted molar refractivity (Wildman–Crippen MR) is 92.2 cm³/mol. The van der Waals surface area contributed by atoms with E-state index in [0.29, 0.717) is 17.1 Å². The van der Waals surface area contributed by atoms with Crippen LogP contribution in [-0.4, -0.2) is 25.0 Å². The van der Waals surface area contributed by atoms with Gasteiger partial charge in [-0.3, -0.25) is 4.79 Å². The number of methoxy groups -OCH3 is 1. The van der Waals surface area contributed by atoms with Crippen molar-refractivity contribution >= 4 is 23.6 Å². The SMILES string of the molecule is COC(=O)c1ccccc1NC(=O)C1=C(C)NC(=O)N[C@@H]1c1ccco1. The monoisotopic (exact) mass is 355 g/mol. The average molecular weight is 355 g/mol. The van der Waals surface area contributed by atoms with Gasteiger partial charge in [-0.1, -0.05) is 12.1 Å². The number of amides is 3. The zero-order chi connectivity index (χ0) is 18.7. The number of allylic oxidation sites excluding steroid dienone is 1. The van der Waals surface area contributed by atoms with Gasteiger partial charge in [-0.2, -0.15) is 0 Å². The highest BCUT2D eigenvalue weighted by molar-refractivity contribution is 6.09. The number of hydrogen-bond donors (Lipinski definition) is 3. The molecule has 0 aliphatic carbocycles. The Balaban J connectivity index is 1.94. The van der Waals surface area contributed by atoms with Gasteiger partial charge >= 0.3 is 12.0 Å². The third kappa shape index (κ3) is 3.30. The van der Waals surface area contributed by atoms with Gasteiger partial charge in [0.2, 0.25) is 0 Å². The summed E-state index contributed by atoms with van der Waals surface area (Å²) in [6.07, 6.45) is 1.46. The highest BCUT2D eigenvalue weighted by Gasteiger charge is 2.33. The molecule has 0 bridgehead atoms. The van der Waals surface area contributed by atoms with Gasteiger partial charge in [-0.05, 0) is 31.2 Å². The van der Waals surface area contributed by atoms with Crippen LogP contribution in [0.4, 0.5) is 10.5 Å². The molecule has 2 aromatic rings. The molecule has 8 heteroatoms. The van der Waals surface area contributed by atoms with Gasteiger partial charge in [0, 0.05) is 5.70 Å². The maximum Gasteiger partial charge on any atom is 0.339 e. The summed E-state index contributed by atoms with van der Waals surface area (Å²) >= 11 is 0. The largest absolute Gasteiger partial charge is 0.467 e. The first-order valence-corrected chi connectivity index (χ1v) is 7.81.